The first-order valence-electron chi connectivity index (χ1n) is 6.53. The fourth-order valence-electron chi connectivity index (χ4n) is 2.22. The van der Waals surface area contributed by atoms with E-state index in [-0.39, 0.29) is 11.8 Å². The number of ether oxygens (including phenoxy) is 2. The molecule has 0 aromatic heterocycles. The number of nitrogens with one attached hydrogen (secondary N) is 1. The largest absolute Gasteiger partial charge is 0.495 e. The second-order valence-corrected chi connectivity index (χ2v) is 5.06. The highest BCUT2D eigenvalue weighted by atomic mass is 35.5. The number of rotatable bonds is 4. The molecule has 0 fully saturated rings. The van der Waals surface area contributed by atoms with Crippen LogP contribution in [0.1, 0.15) is 19.3 Å². The number of anilines is 1. The number of carbonyl (C=O) groups is 1. The van der Waals surface area contributed by atoms with E-state index in [1.807, 2.05) is 6.08 Å². The Hall–Kier alpha value is -1.68. The van der Waals surface area contributed by atoms with Gasteiger partial charge in [-0.15, -0.1) is 0 Å². The molecule has 1 aliphatic carbocycles. The molecule has 20 heavy (non-hydrogen) atoms. The Morgan fingerprint density at radius 2 is 2.00 bits per heavy atom. The van der Waals surface area contributed by atoms with Gasteiger partial charge in [0.05, 0.1) is 24.9 Å². The van der Waals surface area contributed by atoms with Crippen molar-refractivity contribution in [2.24, 2.45) is 5.92 Å². The molecule has 1 atom stereocenters. The number of hydrogen-bond donors (Lipinski definition) is 1. The van der Waals surface area contributed by atoms with E-state index in [4.69, 9.17) is 21.1 Å². The first-order chi connectivity index (χ1) is 9.65. The number of amides is 1. The minimum atomic E-state index is -0.00566. The van der Waals surface area contributed by atoms with Crippen LogP contribution in [0.5, 0.6) is 11.5 Å². The van der Waals surface area contributed by atoms with Crippen molar-refractivity contribution in [1.29, 1.82) is 0 Å². The van der Waals surface area contributed by atoms with Gasteiger partial charge in [-0.25, -0.2) is 0 Å². The maximum Gasteiger partial charge on any atom is 0.227 e. The van der Waals surface area contributed by atoms with E-state index in [0.29, 0.717) is 22.2 Å². The summed E-state index contributed by atoms with van der Waals surface area (Å²) in [6.07, 6.45) is 6.74. The summed E-state index contributed by atoms with van der Waals surface area (Å²) in [6, 6.07) is 3.31. The van der Waals surface area contributed by atoms with Gasteiger partial charge in [-0.3, -0.25) is 4.79 Å². The molecule has 4 nitrogen and oxygen atoms in total. The van der Waals surface area contributed by atoms with Gasteiger partial charge in [0.15, 0.2) is 0 Å². The van der Waals surface area contributed by atoms with Gasteiger partial charge in [0.2, 0.25) is 5.91 Å². The Bertz CT molecular complexity index is 528. The summed E-state index contributed by atoms with van der Waals surface area (Å²) in [5, 5.41) is 3.32. The van der Waals surface area contributed by atoms with Crippen LogP contribution in [0.15, 0.2) is 24.3 Å². The molecular weight excluding hydrogens is 278 g/mol. The molecule has 1 aromatic rings. The van der Waals surface area contributed by atoms with E-state index in [9.17, 15) is 4.79 Å². The summed E-state index contributed by atoms with van der Waals surface area (Å²) in [5.74, 6) is 1.05. The lowest BCUT2D eigenvalue weighted by Gasteiger charge is -2.19. The van der Waals surface area contributed by atoms with Crippen molar-refractivity contribution in [2.75, 3.05) is 19.5 Å². The molecule has 0 spiro atoms. The molecule has 108 valence electrons. The third-order valence-electron chi connectivity index (χ3n) is 3.37. The lowest BCUT2D eigenvalue weighted by atomic mass is 9.93. The van der Waals surface area contributed by atoms with E-state index in [0.717, 1.165) is 19.3 Å². The number of methoxy groups -OCH3 is 2. The van der Waals surface area contributed by atoms with E-state index in [1.54, 1.807) is 19.2 Å². The highest BCUT2D eigenvalue weighted by Crippen LogP contribution is 2.36. The topological polar surface area (TPSA) is 47.6 Å². The summed E-state index contributed by atoms with van der Waals surface area (Å²) in [6.45, 7) is 0. The van der Waals surface area contributed by atoms with Crippen LogP contribution in [0.25, 0.3) is 0 Å². The summed E-state index contributed by atoms with van der Waals surface area (Å²) < 4.78 is 10.4. The number of allylic oxidation sites excluding steroid dienone is 2. The summed E-state index contributed by atoms with van der Waals surface area (Å²) in [7, 11) is 3.08. The lowest BCUT2D eigenvalue weighted by Crippen LogP contribution is -2.23. The summed E-state index contributed by atoms with van der Waals surface area (Å²) in [4.78, 5) is 12.2. The maximum absolute atomic E-state index is 12.2. The lowest BCUT2D eigenvalue weighted by molar-refractivity contribution is -0.120. The average Bonchev–Trinajstić information content (AvgIpc) is 2.48. The highest BCUT2D eigenvalue weighted by Gasteiger charge is 2.20. The van der Waals surface area contributed by atoms with Gasteiger partial charge in [0.25, 0.3) is 0 Å². The van der Waals surface area contributed by atoms with Crippen LogP contribution in [-0.2, 0) is 4.79 Å². The Labute approximate surface area is 123 Å². The number of carbonyl (C=O) groups excluding carboxylic acids is 1. The fraction of sp³-hybridized carbons (Fsp3) is 0.400. The van der Waals surface area contributed by atoms with Gasteiger partial charge in [0.1, 0.15) is 11.5 Å². The van der Waals surface area contributed by atoms with Crippen molar-refractivity contribution >= 4 is 23.2 Å². The molecule has 0 radical (unpaired) electrons. The van der Waals surface area contributed by atoms with Gasteiger partial charge in [-0.1, -0.05) is 23.8 Å². The molecule has 1 aliphatic rings. The zero-order chi connectivity index (χ0) is 14.5. The molecule has 0 saturated heterocycles. The standard InChI is InChI=1S/C15H18ClNO3/c1-19-13-9-14(20-2)12(8-11(13)16)17-15(18)10-6-4-3-5-7-10/h3-4,8-10H,5-7H2,1-2H3,(H,17,18). The van der Waals surface area contributed by atoms with E-state index in [1.165, 1.54) is 7.11 Å². The van der Waals surface area contributed by atoms with Crippen LogP contribution in [0.3, 0.4) is 0 Å². The van der Waals surface area contributed by atoms with Crippen molar-refractivity contribution in [3.8, 4) is 11.5 Å². The number of benzene rings is 1. The summed E-state index contributed by atoms with van der Waals surface area (Å²) in [5.41, 5.74) is 0.567. The predicted molar refractivity (Wildman–Crippen MR) is 79.7 cm³/mol. The molecule has 2 rings (SSSR count). The molecule has 0 saturated carbocycles. The SMILES string of the molecule is COc1cc(OC)c(NC(=O)C2CC=CCC2)cc1Cl. The van der Waals surface area contributed by atoms with E-state index >= 15 is 0 Å². The van der Waals surface area contributed by atoms with Crippen molar-refractivity contribution in [1.82, 2.24) is 0 Å². The van der Waals surface area contributed by atoms with Crippen molar-refractivity contribution in [3.63, 3.8) is 0 Å². The molecule has 0 heterocycles. The van der Waals surface area contributed by atoms with Gasteiger partial charge >= 0.3 is 0 Å². The van der Waals surface area contributed by atoms with E-state index < -0.39 is 0 Å². The average molecular weight is 296 g/mol. The van der Waals surface area contributed by atoms with Crippen LogP contribution in [0.4, 0.5) is 5.69 Å². The first kappa shape index (κ1) is 14.7. The third-order valence-corrected chi connectivity index (χ3v) is 3.67. The van der Waals surface area contributed by atoms with Gasteiger partial charge < -0.3 is 14.8 Å². The Kier molecular flexibility index (Phi) is 4.90. The molecule has 5 heteroatoms. The predicted octanol–water partition coefficient (Wildman–Crippen LogP) is 3.65. The summed E-state index contributed by atoms with van der Waals surface area (Å²) >= 11 is 6.08. The van der Waals surface area contributed by atoms with Crippen molar-refractivity contribution in [3.05, 3.63) is 29.3 Å². The molecule has 1 aromatic carbocycles. The molecule has 1 unspecified atom stereocenters. The van der Waals surface area contributed by atoms with Crippen molar-refractivity contribution in [2.45, 2.75) is 19.3 Å². The van der Waals surface area contributed by atoms with Crippen LogP contribution in [0.2, 0.25) is 5.02 Å². The van der Waals surface area contributed by atoms with Gasteiger partial charge in [-0.05, 0) is 25.3 Å². The molecule has 1 N–H and O–H groups in total. The molecular formula is C15H18ClNO3. The molecule has 1 amide bonds. The minimum Gasteiger partial charge on any atom is -0.495 e. The number of halogens is 1. The second-order valence-electron chi connectivity index (χ2n) is 4.66. The van der Waals surface area contributed by atoms with Crippen molar-refractivity contribution < 1.29 is 14.3 Å². The second kappa shape index (κ2) is 6.66. The van der Waals surface area contributed by atoms with Crippen LogP contribution < -0.4 is 14.8 Å². The van der Waals surface area contributed by atoms with Crippen LogP contribution in [0, 0.1) is 5.92 Å². The number of hydrogen-bond acceptors (Lipinski definition) is 3. The minimum absolute atomic E-state index is 0.00517. The Morgan fingerprint density at radius 3 is 2.60 bits per heavy atom. The normalized spacial score (nSPS) is 17.6. The van der Waals surface area contributed by atoms with Crippen LogP contribution >= 0.6 is 11.6 Å². The monoisotopic (exact) mass is 295 g/mol. The molecule has 0 bridgehead atoms. The van der Waals surface area contributed by atoms with Crippen LogP contribution in [-0.4, -0.2) is 20.1 Å². The fourth-order valence-corrected chi connectivity index (χ4v) is 2.47. The third kappa shape index (κ3) is 3.25. The zero-order valence-electron chi connectivity index (χ0n) is 11.6. The maximum atomic E-state index is 12.2. The Balaban J connectivity index is 2.17. The van der Waals surface area contributed by atoms with E-state index in [2.05, 4.69) is 11.4 Å². The Morgan fingerprint density at radius 1 is 1.25 bits per heavy atom. The quantitative estimate of drug-likeness (QED) is 0.863. The zero-order valence-corrected chi connectivity index (χ0v) is 12.4. The van der Waals surface area contributed by atoms with Gasteiger partial charge in [-0.2, -0.15) is 0 Å². The molecule has 0 aliphatic heterocycles. The first-order valence-corrected chi connectivity index (χ1v) is 6.91. The smallest absolute Gasteiger partial charge is 0.227 e. The highest BCUT2D eigenvalue weighted by molar-refractivity contribution is 6.32. The van der Waals surface area contributed by atoms with Gasteiger partial charge in [0, 0.05) is 12.0 Å².